The van der Waals surface area contributed by atoms with Crippen molar-refractivity contribution in [3.8, 4) is 0 Å². The average Bonchev–Trinajstić information content (AvgIpc) is 2.58. The summed E-state index contributed by atoms with van der Waals surface area (Å²) in [5, 5.41) is 5.03. The van der Waals surface area contributed by atoms with Crippen molar-refractivity contribution in [1.82, 2.24) is 9.97 Å². The van der Waals surface area contributed by atoms with Crippen molar-refractivity contribution < 1.29 is 0 Å². The molecule has 2 aromatic rings. The molecule has 0 fully saturated rings. The molecule has 6 heteroatoms. The number of rotatable bonds is 2. The van der Waals surface area contributed by atoms with Gasteiger partial charge in [0.05, 0.1) is 21.1 Å². The monoisotopic (exact) mass is 256 g/mol. The largest absolute Gasteiger partial charge is 0.323 e. The van der Waals surface area contributed by atoms with Crippen LogP contribution in [0.2, 0.25) is 10.0 Å². The Balaban J connectivity index is 2.40. The number of fused-ring (bicyclic) bond motifs is 1. The molecule has 0 saturated heterocycles. The summed E-state index contributed by atoms with van der Waals surface area (Å²) in [5.74, 6) is 0.564. The standard InChI is InChI=1S/C10H10Cl2N4/c1-5(2)15-16-10-13-8-3-6(11)7(12)4-9(8)14-10/h3-4H,1-2H3,(H2,13,14,16). The highest BCUT2D eigenvalue weighted by atomic mass is 35.5. The van der Waals surface area contributed by atoms with Crippen LogP contribution >= 0.6 is 23.2 Å². The number of benzene rings is 1. The molecule has 0 aliphatic heterocycles. The first-order chi connectivity index (χ1) is 7.56. The number of H-pyrrole nitrogens is 1. The van der Waals surface area contributed by atoms with Crippen LogP contribution in [0.15, 0.2) is 17.2 Å². The SMILES string of the molecule is CC(C)=NNc1nc2cc(Cl)c(Cl)cc2[nH]1. The summed E-state index contributed by atoms with van der Waals surface area (Å²) in [4.78, 5) is 7.32. The minimum Gasteiger partial charge on any atom is -0.323 e. The van der Waals surface area contributed by atoms with E-state index >= 15 is 0 Å². The van der Waals surface area contributed by atoms with Crippen LogP contribution in [0.5, 0.6) is 0 Å². The number of aromatic amines is 1. The van der Waals surface area contributed by atoms with Crippen molar-refractivity contribution in [3.63, 3.8) is 0 Å². The van der Waals surface area contributed by atoms with E-state index in [-0.39, 0.29) is 0 Å². The Hall–Kier alpha value is -1.26. The fourth-order valence-corrected chi connectivity index (χ4v) is 1.54. The Labute approximate surface area is 103 Å². The molecule has 0 spiro atoms. The van der Waals surface area contributed by atoms with Gasteiger partial charge in [0, 0.05) is 5.71 Å². The molecule has 0 atom stereocenters. The van der Waals surface area contributed by atoms with Crippen LogP contribution in [-0.2, 0) is 0 Å². The third-order valence-electron chi connectivity index (χ3n) is 1.91. The highest BCUT2D eigenvalue weighted by Crippen LogP contribution is 2.27. The van der Waals surface area contributed by atoms with Crippen molar-refractivity contribution in [2.24, 2.45) is 5.10 Å². The zero-order chi connectivity index (χ0) is 11.7. The molecule has 1 heterocycles. The lowest BCUT2D eigenvalue weighted by Gasteiger charge is -1.93. The van der Waals surface area contributed by atoms with E-state index in [0.29, 0.717) is 16.0 Å². The molecule has 0 bridgehead atoms. The first-order valence-corrected chi connectivity index (χ1v) is 5.43. The second kappa shape index (κ2) is 4.31. The summed E-state index contributed by atoms with van der Waals surface area (Å²) in [6, 6.07) is 3.45. The summed E-state index contributed by atoms with van der Waals surface area (Å²) in [6.45, 7) is 3.78. The van der Waals surface area contributed by atoms with E-state index in [1.54, 1.807) is 12.1 Å². The van der Waals surface area contributed by atoms with Crippen molar-refractivity contribution in [1.29, 1.82) is 0 Å². The van der Waals surface area contributed by atoms with E-state index in [2.05, 4.69) is 20.5 Å². The Morgan fingerprint density at radius 2 is 2.00 bits per heavy atom. The average molecular weight is 257 g/mol. The highest BCUT2D eigenvalue weighted by Gasteiger charge is 2.05. The van der Waals surface area contributed by atoms with Gasteiger partial charge in [-0.25, -0.2) is 10.4 Å². The van der Waals surface area contributed by atoms with E-state index in [1.807, 2.05) is 13.8 Å². The molecule has 0 amide bonds. The van der Waals surface area contributed by atoms with Gasteiger partial charge < -0.3 is 4.98 Å². The maximum Gasteiger partial charge on any atom is 0.222 e. The van der Waals surface area contributed by atoms with Gasteiger partial charge in [-0.15, -0.1) is 0 Å². The minimum atomic E-state index is 0.488. The molecule has 0 saturated carbocycles. The molecule has 4 nitrogen and oxygen atoms in total. The van der Waals surface area contributed by atoms with Crippen LogP contribution in [-0.4, -0.2) is 15.7 Å². The molecule has 0 aliphatic rings. The summed E-state index contributed by atoms with van der Waals surface area (Å²) >= 11 is 11.8. The van der Waals surface area contributed by atoms with Crippen LogP contribution in [0.3, 0.4) is 0 Å². The summed E-state index contributed by atoms with van der Waals surface area (Å²) in [5.41, 5.74) is 5.29. The number of nitrogens with zero attached hydrogens (tertiary/aromatic N) is 2. The second-order valence-electron chi connectivity index (χ2n) is 3.54. The van der Waals surface area contributed by atoms with Crippen molar-refractivity contribution in [3.05, 3.63) is 22.2 Å². The molecular weight excluding hydrogens is 247 g/mol. The lowest BCUT2D eigenvalue weighted by molar-refractivity contribution is 1.20. The maximum absolute atomic E-state index is 5.90. The van der Waals surface area contributed by atoms with E-state index in [4.69, 9.17) is 23.2 Å². The van der Waals surface area contributed by atoms with Gasteiger partial charge in [0.1, 0.15) is 0 Å². The lowest BCUT2D eigenvalue weighted by Crippen LogP contribution is -1.94. The number of hydrazone groups is 1. The minimum absolute atomic E-state index is 0.488. The molecule has 0 aliphatic carbocycles. The third-order valence-corrected chi connectivity index (χ3v) is 2.63. The Bertz CT molecular complexity index is 516. The van der Waals surface area contributed by atoms with E-state index in [9.17, 15) is 0 Å². The van der Waals surface area contributed by atoms with Gasteiger partial charge in [-0.05, 0) is 26.0 Å². The van der Waals surface area contributed by atoms with Gasteiger partial charge in [0.25, 0.3) is 0 Å². The maximum atomic E-state index is 5.90. The molecule has 84 valence electrons. The quantitative estimate of drug-likeness (QED) is 0.636. The molecule has 1 aromatic heterocycles. The summed E-state index contributed by atoms with van der Waals surface area (Å²) in [6.07, 6.45) is 0. The first-order valence-electron chi connectivity index (χ1n) is 4.68. The predicted molar refractivity (Wildman–Crippen MR) is 68.5 cm³/mol. The Kier molecular flexibility index (Phi) is 3.03. The van der Waals surface area contributed by atoms with Crippen LogP contribution in [0.4, 0.5) is 5.95 Å². The van der Waals surface area contributed by atoms with Crippen molar-refractivity contribution >= 4 is 45.9 Å². The fourth-order valence-electron chi connectivity index (χ4n) is 1.22. The zero-order valence-electron chi connectivity index (χ0n) is 8.81. The van der Waals surface area contributed by atoms with Gasteiger partial charge in [0.2, 0.25) is 5.95 Å². The first kappa shape index (κ1) is 11.2. The van der Waals surface area contributed by atoms with Gasteiger partial charge in [-0.2, -0.15) is 5.10 Å². The van der Waals surface area contributed by atoms with Crippen LogP contribution in [0.25, 0.3) is 11.0 Å². The molecule has 2 N–H and O–H groups in total. The zero-order valence-corrected chi connectivity index (χ0v) is 10.3. The topological polar surface area (TPSA) is 53.1 Å². The van der Waals surface area contributed by atoms with Gasteiger partial charge in [-0.1, -0.05) is 23.2 Å². The number of hydrogen-bond acceptors (Lipinski definition) is 3. The molecular formula is C10H10Cl2N4. The summed E-state index contributed by atoms with van der Waals surface area (Å²) in [7, 11) is 0. The molecule has 1 aromatic carbocycles. The van der Waals surface area contributed by atoms with E-state index in [1.165, 1.54) is 0 Å². The Morgan fingerprint density at radius 1 is 1.31 bits per heavy atom. The third kappa shape index (κ3) is 2.28. The molecule has 0 radical (unpaired) electrons. The van der Waals surface area contributed by atoms with Crippen LogP contribution in [0, 0.1) is 0 Å². The second-order valence-corrected chi connectivity index (χ2v) is 4.35. The smallest absolute Gasteiger partial charge is 0.222 e. The van der Waals surface area contributed by atoms with Gasteiger partial charge >= 0.3 is 0 Å². The normalized spacial score (nSPS) is 10.5. The predicted octanol–water partition coefficient (Wildman–Crippen LogP) is 3.68. The number of hydrogen-bond donors (Lipinski definition) is 2. The van der Waals surface area contributed by atoms with Gasteiger partial charge in [0.15, 0.2) is 0 Å². The number of imidazole rings is 1. The number of aromatic nitrogens is 2. The Morgan fingerprint density at radius 3 is 2.69 bits per heavy atom. The lowest BCUT2D eigenvalue weighted by atomic mass is 10.3. The van der Waals surface area contributed by atoms with Crippen molar-refractivity contribution in [2.75, 3.05) is 5.43 Å². The molecule has 16 heavy (non-hydrogen) atoms. The fraction of sp³-hybridized carbons (Fsp3) is 0.200. The number of halogens is 2. The molecule has 0 unspecified atom stereocenters. The van der Waals surface area contributed by atoms with Crippen LogP contribution in [0.1, 0.15) is 13.8 Å². The van der Waals surface area contributed by atoms with Gasteiger partial charge in [-0.3, -0.25) is 0 Å². The summed E-state index contributed by atoms with van der Waals surface area (Å²) < 4.78 is 0. The van der Waals surface area contributed by atoms with Crippen molar-refractivity contribution in [2.45, 2.75) is 13.8 Å². The van der Waals surface area contributed by atoms with E-state index in [0.717, 1.165) is 16.7 Å². The number of anilines is 1. The van der Waals surface area contributed by atoms with Crippen LogP contribution < -0.4 is 5.43 Å². The highest BCUT2D eigenvalue weighted by molar-refractivity contribution is 6.42. The number of nitrogens with one attached hydrogen (secondary N) is 2. The van der Waals surface area contributed by atoms with E-state index < -0.39 is 0 Å². The molecule has 2 rings (SSSR count).